The lowest BCUT2D eigenvalue weighted by Crippen LogP contribution is -2.53. The average Bonchev–Trinajstić information content (AvgIpc) is 2.85. The molecule has 1 aromatic carbocycles. The summed E-state index contributed by atoms with van der Waals surface area (Å²) in [4.78, 5) is 36.3. The van der Waals surface area contributed by atoms with E-state index in [0.29, 0.717) is 5.69 Å². The molecule has 0 bridgehead atoms. The number of amides is 3. The van der Waals surface area contributed by atoms with E-state index in [0.717, 1.165) is 5.56 Å². The van der Waals surface area contributed by atoms with Gasteiger partial charge in [0, 0.05) is 19.2 Å². The number of nitrogens with one attached hydrogen (secondary N) is 2. The number of rotatable bonds is 3. The molecular weight excluding hydrogens is 274 g/mol. The van der Waals surface area contributed by atoms with E-state index >= 15 is 0 Å². The molecule has 0 radical (unpaired) electrons. The van der Waals surface area contributed by atoms with Gasteiger partial charge in [-0.3, -0.25) is 9.69 Å². The molecule has 0 aliphatic carbocycles. The number of nitrogens with zero attached hydrogens (tertiary/aromatic N) is 1. The molecule has 1 heterocycles. The Morgan fingerprint density at radius 3 is 2.62 bits per heavy atom. The molecule has 7 nitrogen and oxygen atoms in total. The third-order valence-electron chi connectivity index (χ3n) is 3.46. The molecule has 1 aliphatic rings. The Balaban J connectivity index is 2.24. The van der Waals surface area contributed by atoms with Crippen LogP contribution in [-0.2, 0) is 16.0 Å². The number of carbonyl (C=O) groups excluding carboxylic acids is 2. The summed E-state index contributed by atoms with van der Waals surface area (Å²) in [7, 11) is 1.47. The van der Waals surface area contributed by atoms with Crippen molar-refractivity contribution in [3.63, 3.8) is 0 Å². The van der Waals surface area contributed by atoms with Crippen molar-refractivity contribution in [1.82, 2.24) is 10.6 Å². The van der Waals surface area contributed by atoms with Crippen molar-refractivity contribution < 1.29 is 19.5 Å². The lowest BCUT2D eigenvalue weighted by molar-refractivity contribution is -0.138. The van der Waals surface area contributed by atoms with Gasteiger partial charge in [0.1, 0.15) is 12.1 Å². The zero-order valence-corrected chi connectivity index (χ0v) is 11.8. The van der Waals surface area contributed by atoms with Crippen LogP contribution in [-0.4, -0.2) is 42.1 Å². The summed E-state index contributed by atoms with van der Waals surface area (Å²) in [6.07, 6.45) is 0.257. The maximum Gasteiger partial charge on any atom is 0.327 e. The molecule has 2 unspecified atom stereocenters. The van der Waals surface area contributed by atoms with Gasteiger partial charge < -0.3 is 15.7 Å². The van der Waals surface area contributed by atoms with Crippen LogP contribution >= 0.6 is 0 Å². The second-order valence-electron chi connectivity index (χ2n) is 4.84. The first kappa shape index (κ1) is 14.8. The molecule has 21 heavy (non-hydrogen) atoms. The highest BCUT2D eigenvalue weighted by Gasteiger charge is 2.38. The summed E-state index contributed by atoms with van der Waals surface area (Å²) >= 11 is 0. The minimum absolute atomic E-state index is 0.257. The van der Waals surface area contributed by atoms with Gasteiger partial charge in [0.15, 0.2) is 0 Å². The van der Waals surface area contributed by atoms with E-state index in [1.165, 1.54) is 18.9 Å². The number of para-hydroxylation sites is 1. The zero-order valence-electron chi connectivity index (χ0n) is 11.8. The first-order chi connectivity index (χ1) is 9.95. The Morgan fingerprint density at radius 1 is 1.33 bits per heavy atom. The van der Waals surface area contributed by atoms with Crippen molar-refractivity contribution in [2.24, 2.45) is 0 Å². The Kier molecular flexibility index (Phi) is 4.11. The van der Waals surface area contributed by atoms with Crippen LogP contribution in [0.15, 0.2) is 24.3 Å². The van der Waals surface area contributed by atoms with E-state index in [9.17, 15) is 19.5 Å². The number of hydrogen-bond acceptors (Lipinski definition) is 3. The van der Waals surface area contributed by atoms with E-state index < -0.39 is 24.1 Å². The van der Waals surface area contributed by atoms with Crippen molar-refractivity contribution in [3.8, 4) is 0 Å². The molecule has 2 atom stereocenters. The predicted octanol–water partition coefficient (Wildman–Crippen LogP) is 0.346. The van der Waals surface area contributed by atoms with Crippen molar-refractivity contribution in [2.75, 3.05) is 11.9 Å². The molecule has 2 rings (SSSR count). The molecule has 3 N–H and O–H groups in total. The quantitative estimate of drug-likeness (QED) is 0.748. The van der Waals surface area contributed by atoms with Crippen molar-refractivity contribution >= 4 is 23.6 Å². The summed E-state index contributed by atoms with van der Waals surface area (Å²) in [5.74, 6) is -1.42. The standard InChI is InChI=1S/C14H17N3O4/c1-8(12(18)15-2)16-14(21)17-10-6-4-3-5-9(10)7-11(17)13(19)20/h3-6,8,11H,7H2,1-2H3,(H,15,18)(H,16,21)(H,19,20). The summed E-state index contributed by atoms with van der Waals surface area (Å²) in [5, 5.41) is 14.2. The number of carboxylic acid groups (broad SMARTS) is 1. The number of hydrogen-bond donors (Lipinski definition) is 3. The number of carbonyl (C=O) groups is 3. The normalized spacial score (nSPS) is 17.8. The topological polar surface area (TPSA) is 98.7 Å². The van der Waals surface area contributed by atoms with Gasteiger partial charge in [0.05, 0.1) is 0 Å². The molecule has 0 saturated heterocycles. The second kappa shape index (κ2) is 5.82. The number of carboxylic acids is 1. The van der Waals surface area contributed by atoms with Gasteiger partial charge in [-0.15, -0.1) is 0 Å². The summed E-state index contributed by atoms with van der Waals surface area (Å²) in [6, 6.07) is 4.73. The largest absolute Gasteiger partial charge is 0.480 e. The molecule has 0 saturated carbocycles. The SMILES string of the molecule is CNC(=O)C(C)NC(=O)N1c2ccccc2CC1C(=O)O. The summed E-state index contributed by atoms with van der Waals surface area (Å²) in [5.41, 5.74) is 1.36. The molecule has 7 heteroatoms. The number of benzene rings is 1. The molecule has 3 amide bonds. The van der Waals surface area contributed by atoms with E-state index in [1.54, 1.807) is 24.3 Å². The highest BCUT2D eigenvalue weighted by Crippen LogP contribution is 2.32. The fourth-order valence-corrected chi connectivity index (χ4v) is 2.37. The molecular formula is C14H17N3O4. The number of fused-ring (bicyclic) bond motifs is 1. The van der Waals surface area contributed by atoms with E-state index in [-0.39, 0.29) is 12.3 Å². The van der Waals surface area contributed by atoms with Gasteiger partial charge >= 0.3 is 12.0 Å². The number of anilines is 1. The minimum Gasteiger partial charge on any atom is -0.480 e. The van der Waals surface area contributed by atoms with Crippen LogP contribution in [0.3, 0.4) is 0 Å². The van der Waals surface area contributed by atoms with E-state index in [1.807, 2.05) is 0 Å². The van der Waals surface area contributed by atoms with Crippen LogP contribution < -0.4 is 15.5 Å². The van der Waals surface area contributed by atoms with Crippen LogP contribution in [0.5, 0.6) is 0 Å². The maximum atomic E-state index is 12.3. The van der Waals surface area contributed by atoms with Crippen LogP contribution in [0.25, 0.3) is 0 Å². The van der Waals surface area contributed by atoms with Crippen LogP contribution in [0.1, 0.15) is 12.5 Å². The number of aliphatic carboxylic acids is 1. The third kappa shape index (κ3) is 2.81. The second-order valence-corrected chi connectivity index (χ2v) is 4.84. The number of urea groups is 1. The summed E-state index contributed by atoms with van der Waals surface area (Å²) in [6.45, 7) is 1.54. The van der Waals surface area contributed by atoms with Crippen LogP contribution in [0.2, 0.25) is 0 Å². The van der Waals surface area contributed by atoms with Crippen molar-refractivity contribution in [3.05, 3.63) is 29.8 Å². The van der Waals surface area contributed by atoms with Gasteiger partial charge in [0.2, 0.25) is 5.91 Å². The Bertz CT molecular complexity index is 587. The Morgan fingerprint density at radius 2 is 2.00 bits per heavy atom. The Hall–Kier alpha value is -2.57. The highest BCUT2D eigenvalue weighted by atomic mass is 16.4. The van der Waals surface area contributed by atoms with Gasteiger partial charge in [0.25, 0.3) is 0 Å². The smallest absolute Gasteiger partial charge is 0.327 e. The van der Waals surface area contributed by atoms with Gasteiger partial charge in [-0.1, -0.05) is 18.2 Å². The van der Waals surface area contributed by atoms with Crippen molar-refractivity contribution in [1.29, 1.82) is 0 Å². The minimum atomic E-state index is -1.08. The lowest BCUT2D eigenvalue weighted by atomic mass is 10.1. The Labute approximate surface area is 121 Å². The molecule has 112 valence electrons. The maximum absolute atomic E-state index is 12.3. The van der Waals surface area contributed by atoms with Crippen LogP contribution in [0.4, 0.5) is 10.5 Å². The molecule has 1 aromatic rings. The lowest BCUT2D eigenvalue weighted by Gasteiger charge is -2.24. The van der Waals surface area contributed by atoms with Gasteiger partial charge in [-0.05, 0) is 18.6 Å². The van der Waals surface area contributed by atoms with E-state index in [2.05, 4.69) is 10.6 Å². The van der Waals surface area contributed by atoms with Gasteiger partial charge in [-0.2, -0.15) is 0 Å². The average molecular weight is 291 g/mol. The zero-order chi connectivity index (χ0) is 15.6. The predicted molar refractivity (Wildman–Crippen MR) is 76.1 cm³/mol. The molecule has 0 aromatic heterocycles. The molecule has 0 spiro atoms. The van der Waals surface area contributed by atoms with Crippen LogP contribution in [0, 0.1) is 0 Å². The fourth-order valence-electron chi connectivity index (χ4n) is 2.37. The molecule has 1 aliphatic heterocycles. The van der Waals surface area contributed by atoms with E-state index in [4.69, 9.17) is 0 Å². The molecule has 0 fully saturated rings. The third-order valence-corrected chi connectivity index (χ3v) is 3.46. The first-order valence-electron chi connectivity index (χ1n) is 6.57. The number of likely N-dealkylation sites (N-methyl/N-ethyl adjacent to an activating group) is 1. The first-order valence-corrected chi connectivity index (χ1v) is 6.57. The van der Waals surface area contributed by atoms with Crippen molar-refractivity contribution in [2.45, 2.75) is 25.4 Å². The highest BCUT2D eigenvalue weighted by molar-refractivity contribution is 6.02. The monoisotopic (exact) mass is 291 g/mol. The fraction of sp³-hybridized carbons (Fsp3) is 0.357. The summed E-state index contributed by atoms with van der Waals surface area (Å²) < 4.78 is 0. The van der Waals surface area contributed by atoms with Gasteiger partial charge in [-0.25, -0.2) is 9.59 Å².